The molecule has 4 rings (SSSR count). The molecule has 0 saturated heterocycles. The molecule has 142 valence electrons. The topological polar surface area (TPSA) is 17.1 Å². The number of carbonyl (C=O) groups is 1. The standard InChI is InChI=1S/C26H27OS/c27-26(23-18-16-22(17-19-23)21-10-4-1-5-11-21)20-28(24-12-6-2-7-13-24)25-14-8-3-9-15-25/h2-3,6-9,12-19,21H,1,4-5,10-11,20H2/q+1. The SMILES string of the molecule is O=C(C[S+](c1ccccc1)c1ccccc1)c1ccc(C2CCCCC2)cc1. The van der Waals surface area contributed by atoms with Crippen LogP contribution in [0.15, 0.2) is 94.7 Å². The summed E-state index contributed by atoms with van der Waals surface area (Å²) >= 11 is 0. The van der Waals surface area contributed by atoms with Crippen LogP contribution in [0, 0.1) is 0 Å². The zero-order valence-electron chi connectivity index (χ0n) is 16.2. The van der Waals surface area contributed by atoms with Gasteiger partial charge in [0.05, 0.1) is 10.9 Å². The normalized spacial score (nSPS) is 14.9. The Morgan fingerprint density at radius 3 is 1.79 bits per heavy atom. The minimum Gasteiger partial charge on any atom is -0.289 e. The lowest BCUT2D eigenvalue weighted by Crippen LogP contribution is -2.17. The molecule has 0 N–H and O–H groups in total. The fourth-order valence-electron chi connectivity index (χ4n) is 4.06. The van der Waals surface area contributed by atoms with Crippen molar-refractivity contribution in [2.45, 2.75) is 47.8 Å². The lowest BCUT2D eigenvalue weighted by molar-refractivity contribution is 0.102. The van der Waals surface area contributed by atoms with E-state index in [2.05, 4.69) is 60.7 Å². The number of rotatable bonds is 6. The fourth-order valence-corrected chi connectivity index (χ4v) is 6.07. The van der Waals surface area contributed by atoms with Crippen LogP contribution in [0.5, 0.6) is 0 Å². The number of hydrogen-bond donors (Lipinski definition) is 0. The van der Waals surface area contributed by atoms with E-state index in [0.29, 0.717) is 11.7 Å². The predicted molar refractivity (Wildman–Crippen MR) is 118 cm³/mol. The van der Waals surface area contributed by atoms with E-state index in [4.69, 9.17) is 0 Å². The molecule has 0 unspecified atom stereocenters. The summed E-state index contributed by atoms with van der Waals surface area (Å²) in [4.78, 5) is 15.5. The van der Waals surface area contributed by atoms with Gasteiger partial charge in [-0.05, 0) is 48.6 Å². The van der Waals surface area contributed by atoms with Crippen molar-refractivity contribution in [3.05, 3.63) is 96.1 Å². The van der Waals surface area contributed by atoms with Crippen LogP contribution in [0.25, 0.3) is 0 Å². The van der Waals surface area contributed by atoms with Gasteiger partial charge in [-0.15, -0.1) is 0 Å². The molecule has 1 nitrogen and oxygen atoms in total. The molecule has 0 heterocycles. The number of benzene rings is 3. The summed E-state index contributed by atoms with van der Waals surface area (Å²) in [5.41, 5.74) is 2.24. The van der Waals surface area contributed by atoms with Gasteiger partial charge < -0.3 is 0 Å². The summed E-state index contributed by atoms with van der Waals surface area (Å²) in [5, 5.41) is 0. The monoisotopic (exact) mass is 387 g/mol. The maximum Gasteiger partial charge on any atom is 0.212 e. The van der Waals surface area contributed by atoms with Crippen LogP contribution in [-0.4, -0.2) is 11.5 Å². The number of Topliss-reactive ketones (excluding diaryl/α,β-unsaturated/α-hetero) is 1. The van der Waals surface area contributed by atoms with Crippen LogP contribution in [0.4, 0.5) is 0 Å². The highest BCUT2D eigenvalue weighted by Gasteiger charge is 2.29. The average Bonchev–Trinajstić information content (AvgIpc) is 2.79. The van der Waals surface area contributed by atoms with E-state index in [0.717, 1.165) is 5.56 Å². The molecular weight excluding hydrogens is 360 g/mol. The second kappa shape index (κ2) is 9.25. The van der Waals surface area contributed by atoms with Crippen LogP contribution in [0.2, 0.25) is 0 Å². The molecule has 1 aliphatic carbocycles. The molecule has 0 atom stereocenters. The highest BCUT2D eigenvalue weighted by atomic mass is 32.2. The minimum atomic E-state index is -0.241. The maximum atomic E-state index is 13.1. The average molecular weight is 388 g/mol. The quantitative estimate of drug-likeness (QED) is 0.342. The first kappa shape index (κ1) is 19.0. The molecule has 3 aromatic carbocycles. The van der Waals surface area contributed by atoms with Gasteiger partial charge in [0.1, 0.15) is 0 Å². The van der Waals surface area contributed by atoms with Gasteiger partial charge in [0.25, 0.3) is 0 Å². The van der Waals surface area contributed by atoms with Crippen LogP contribution >= 0.6 is 0 Å². The maximum absolute atomic E-state index is 13.1. The van der Waals surface area contributed by atoms with Crippen LogP contribution < -0.4 is 0 Å². The first-order chi connectivity index (χ1) is 13.8. The van der Waals surface area contributed by atoms with Crippen molar-refractivity contribution < 1.29 is 4.79 Å². The largest absolute Gasteiger partial charge is 0.289 e. The van der Waals surface area contributed by atoms with E-state index in [9.17, 15) is 4.79 Å². The number of hydrogen-bond acceptors (Lipinski definition) is 1. The Balaban J connectivity index is 1.53. The molecule has 0 aliphatic heterocycles. The smallest absolute Gasteiger partial charge is 0.212 e. The van der Waals surface area contributed by atoms with Crippen LogP contribution in [0.1, 0.15) is 53.9 Å². The Morgan fingerprint density at radius 2 is 1.25 bits per heavy atom. The summed E-state index contributed by atoms with van der Waals surface area (Å²) in [6, 6.07) is 29.3. The van der Waals surface area contributed by atoms with Crippen LogP contribution in [-0.2, 0) is 10.9 Å². The van der Waals surface area contributed by atoms with Gasteiger partial charge in [-0.3, -0.25) is 4.79 Å². The Labute approximate surface area is 171 Å². The molecule has 0 aromatic heterocycles. The first-order valence-corrected chi connectivity index (χ1v) is 11.6. The summed E-state index contributed by atoms with van der Waals surface area (Å²) in [6.45, 7) is 0. The van der Waals surface area contributed by atoms with Gasteiger partial charge in [-0.25, -0.2) is 0 Å². The lowest BCUT2D eigenvalue weighted by atomic mass is 9.84. The highest BCUT2D eigenvalue weighted by molar-refractivity contribution is 7.97. The third kappa shape index (κ3) is 4.56. The van der Waals surface area contributed by atoms with E-state index in [1.54, 1.807) is 0 Å². The number of ketones is 1. The van der Waals surface area contributed by atoms with Crippen molar-refractivity contribution in [1.82, 2.24) is 0 Å². The van der Waals surface area contributed by atoms with Gasteiger partial charge in [0.15, 0.2) is 15.5 Å². The zero-order chi connectivity index (χ0) is 19.2. The van der Waals surface area contributed by atoms with Crippen LogP contribution in [0.3, 0.4) is 0 Å². The molecule has 1 aliphatic rings. The molecule has 1 saturated carbocycles. The summed E-state index contributed by atoms with van der Waals surface area (Å²) < 4.78 is 0. The summed E-state index contributed by atoms with van der Waals surface area (Å²) in [7, 11) is -0.241. The van der Waals surface area contributed by atoms with E-state index in [1.807, 2.05) is 24.3 Å². The minimum absolute atomic E-state index is 0.228. The van der Waals surface area contributed by atoms with Crippen molar-refractivity contribution >= 4 is 16.7 Å². The zero-order valence-corrected chi connectivity index (χ0v) is 17.0. The highest BCUT2D eigenvalue weighted by Crippen LogP contribution is 2.32. The Bertz CT molecular complexity index is 841. The Morgan fingerprint density at radius 1 is 0.714 bits per heavy atom. The van der Waals surface area contributed by atoms with Gasteiger partial charge >= 0.3 is 0 Å². The molecule has 1 fully saturated rings. The Kier molecular flexibility index (Phi) is 6.28. The van der Waals surface area contributed by atoms with Crippen molar-refractivity contribution in [3.8, 4) is 0 Å². The van der Waals surface area contributed by atoms with Crippen molar-refractivity contribution in [2.75, 3.05) is 5.75 Å². The van der Waals surface area contributed by atoms with E-state index in [-0.39, 0.29) is 16.7 Å². The predicted octanol–water partition coefficient (Wildman–Crippen LogP) is 6.65. The summed E-state index contributed by atoms with van der Waals surface area (Å²) in [6.07, 6.45) is 6.62. The van der Waals surface area contributed by atoms with Gasteiger partial charge in [-0.1, -0.05) is 79.9 Å². The second-order valence-corrected chi connectivity index (χ2v) is 9.55. The molecule has 0 bridgehead atoms. The lowest BCUT2D eigenvalue weighted by Gasteiger charge is -2.22. The van der Waals surface area contributed by atoms with E-state index >= 15 is 0 Å². The third-order valence-electron chi connectivity index (χ3n) is 5.64. The molecule has 2 heteroatoms. The molecule has 0 spiro atoms. The fraction of sp³-hybridized carbons (Fsp3) is 0.269. The summed E-state index contributed by atoms with van der Waals surface area (Å²) in [5.74, 6) is 1.43. The van der Waals surface area contributed by atoms with Crippen molar-refractivity contribution in [2.24, 2.45) is 0 Å². The van der Waals surface area contributed by atoms with Gasteiger partial charge in [-0.2, -0.15) is 0 Å². The number of carbonyl (C=O) groups excluding carboxylic acids is 1. The second-order valence-electron chi connectivity index (χ2n) is 7.54. The Hall–Kier alpha value is -2.32. The third-order valence-corrected chi connectivity index (χ3v) is 7.87. The van der Waals surface area contributed by atoms with E-state index in [1.165, 1.54) is 47.5 Å². The first-order valence-electron chi connectivity index (χ1n) is 10.3. The molecule has 0 amide bonds. The van der Waals surface area contributed by atoms with E-state index < -0.39 is 0 Å². The molecule has 0 radical (unpaired) electrons. The molecule has 3 aromatic rings. The van der Waals surface area contributed by atoms with Gasteiger partial charge in [0, 0.05) is 5.56 Å². The molecular formula is C26H27OS+. The molecule has 28 heavy (non-hydrogen) atoms. The van der Waals surface area contributed by atoms with Crippen molar-refractivity contribution in [3.63, 3.8) is 0 Å². The van der Waals surface area contributed by atoms with Crippen molar-refractivity contribution in [1.29, 1.82) is 0 Å². The van der Waals surface area contributed by atoms with Gasteiger partial charge in [0.2, 0.25) is 5.78 Å².